The maximum atomic E-state index is 5.81. The van der Waals surface area contributed by atoms with Crippen LogP contribution in [0.2, 0.25) is 0 Å². The number of benzene rings is 2. The lowest BCUT2D eigenvalue weighted by atomic mass is 10.0. The third kappa shape index (κ3) is 2.85. The van der Waals surface area contributed by atoms with Crippen LogP contribution in [0.1, 0.15) is 18.0 Å². The van der Waals surface area contributed by atoms with Gasteiger partial charge in [-0.1, -0.05) is 30.3 Å². The van der Waals surface area contributed by atoms with Crippen LogP contribution in [0.5, 0.6) is 5.75 Å². The predicted octanol–water partition coefficient (Wildman–Crippen LogP) is 4.41. The molecule has 0 radical (unpaired) electrons. The van der Waals surface area contributed by atoms with Crippen LogP contribution in [0.25, 0.3) is 0 Å². The van der Waals surface area contributed by atoms with E-state index in [4.69, 9.17) is 4.74 Å². The van der Waals surface area contributed by atoms with Crippen molar-refractivity contribution in [1.82, 2.24) is 0 Å². The van der Waals surface area contributed by atoms with Crippen LogP contribution in [0.4, 0.5) is 5.69 Å². The van der Waals surface area contributed by atoms with Gasteiger partial charge in [0.2, 0.25) is 0 Å². The molecule has 0 aliphatic carbocycles. The zero-order valence-corrected chi connectivity index (χ0v) is 12.5. The topological polar surface area (TPSA) is 33.6 Å². The summed E-state index contributed by atoms with van der Waals surface area (Å²) >= 11 is 3.48. The number of nitrogens with one attached hydrogen (secondary N) is 1. The molecule has 2 aromatic carbocycles. The van der Waals surface area contributed by atoms with Crippen LogP contribution in [-0.2, 0) is 0 Å². The number of fused-ring (bicyclic) bond motifs is 1. The van der Waals surface area contributed by atoms with E-state index in [1.54, 1.807) is 6.34 Å². The van der Waals surface area contributed by atoms with Gasteiger partial charge in [0.25, 0.3) is 0 Å². The Balaban J connectivity index is 1.63. The Morgan fingerprint density at radius 1 is 1.10 bits per heavy atom. The van der Waals surface area contributed by atoms with E-state index in [9.17, 15) is 0 Å². The molecular weight excluding hydrogens is 316 g/mol. The van der Waals surface area contributed by atoms with Gasteiger partial charge >= 0.3 is 0 Å². The van der Waals surface area contributed by atoms with Crippen molar-refractivity contribution in [2.45, 2.75) is 12.5 Å². The second kappa shape index (κ2) is 6.09. The van der Waals surface area contributed by atoms with Gasteiger partial charge < -0.3 is 10.1 Å². The molecule has 2 aromatic rings. The summed E-state index contributed by atoms with van der Waals surface area (Å²) in [4.78, 5) is 4.50. The lowest BCUT2D eigenvalue weighted by Gasteiger charge is -2.21. The van der Waals surface area contributed by atoms with Gasteiger partial charge in [0.1, 0.15) is 5.75 Å². The number of rotatable bonds is 4. The van der Waals surface area contributed by atoms with Crippen molar-refractivity contribution in [3.63, 3.8) is 0 Å². The summed E-state index contributed by atoms with van der Waals surface area (Å²) in [5.41, 5.74) is 2.36. The van der Waals surface area contributed by atoms with E-state index in [0.717, 1.165) is 22.3 Å². The van der Waals surface area contributed by atoms with Gasteiger partial charge in [-0.2, -0.15) is 0 Å². The minimum absolute atomic E-state index is 0.162. The van der Waals surface area contributed by atoms with Crippen LogP contribution < -0.4 is 10.1 Å². The number of halogens is 1. The van der Waals surface area contributed by atoms with E-state index < -0.39 is 0 Å². The molecule has 1 atom stereocenters. The smallest absolute Gasteiger partial charge is 0.133 e. The third-order valence-corrected chi connectivity index (χ3v) is 3.93. The van der Waals surface area contributed by atoms with E-state index in [1.165, 1.54) is 5.56 Å². The molecule has 1 N–H and O–H groups in total. The Bertz CT molecular complexity index is 627. The van der Waals surface area contributed by atoms with Crippen molar-refractivity contribution in [2.24, 2.45) is 4.99 Å². The summed E-state index contributed by atoms with van der Waals surface area (Å²) in [7, 11) is 0. The molecule has 0 amide bonds. The summed E-state index contributed by atoms with van der Waals surface area (Å²) in [6.45, 7) is 0.638. The number of ether oxygens (including phenoxy) is 1. The Morgan fingerprint density at radius 2 is 1.90 bits per heavy atom. The molecule has 1 aliphatic heterocycles. The summed E-state index contributed by atoms with van der Waals surface area (Å²) in [6.07, 6.45) is 2.63. The highest BCUT2D eigenvalue weighted by atomic mass is 79.9. The van der Waals surface area contributed by atoms with E-state index in [0.29, 0.717) is 6.61 Å². The zero-order chi connectivity index (χ0) is 13.8. The summed E-state index contributed by atoms with van der Waals surface area (Å²) in [5, 5.41) is 3.17. The highest BCUT2D eigenvalue weighted by Gasteiger charge is 2.16. The Labute approximate surface area is 126 Å². The fourth-order valence-electron chi connectivity index (χ4n) is 2.27. The molecule has 0 bridgehead atoms. The SMILES string of the molecule is Brc1ccccc1OCCC1N=CNc2ccccc21. The van der Waals surface area contributed by atoms with E-state index in [-0.39, 0.29) is 6.04 Å². The summed E-state index contributed by atoms with van der Waals surface area (Å²) < 4.78 is 6.79. The van der Waals surface area contributed by atoms with E-state index in [2.05, 4.69) is 38.4 Å². The highest BCUT2D eigenvalue weighted by molar-refractivity contribution is 9.10. The molecule has 1 heterocycles. The van der Waals surface area contributed by atoms with Crippen molar-refractivity contribution in [3.8, 4) is 5.75 Å². The standard InChI is InChI=1S/C16H15BrN2O/c17-13-6-2-4-8-16(13)20-10-9-15-12-5-1-3-7-14(12)18-11-19-15/h1-8,11,15H,9-10H2,(H,18,19). The van der Waals surface area contributed by atoms with Crippen molar-refractivity contribution in [2.75, 3.05) is 11.9 Å². The lowest BCUT2D eigenvalue weighted by molar-refractivity contribution is 0.297. The van der Waals surface area contributed by atoms with Crippen molar-refractivity contribution < 1.29 is 4.74 Å². The highest BCUT2D eigenvalue weighted by Crippen LogP contribution is 2.31. The first-order valence-electron chi connectivity index (χ1n) is 6.59. The molecule has 1 aliphatic rings. The largest absolute Gasteiger partial charge is 0.492 e. The van der Waals surface area contributed by atoms with Crippen molar-refractivity contribution in [1.29, 1.82) is 0 Å². The van der Waals surface area contributed by atoms with Gasteiger partial charge in [0.05, 0.1) is 23.5 Å². The van der Waals surface area contributed by atoms with Crippen molar-refractivity contribution >= 4 is 28.0 Å². The molecule has 0 spiro atoms. The maximum absolute atomic E-state index is 5.81. The summed E-state index contributed by atoms with van der Waals surface area (Å²) in [5.74, 6) is 0.874. The first-order chi connectivity index (χ1) is 9.84. The number of anilines is 1. The molecule has 102 valence electrons. The maximum Gasteiger partial charge on any atom is 0.133 e. The van der Waals surface area contributed by atoms with Gasteiger partial charge in [-0.3, -0.25) is 4.99 Å². The minimum atomic E-state index is 0.162. The third-order valence-electron chi connectivity index (χ3n) is 3.28. The van der Waals surface area contributed by atoms with Gasteiger partial charge in [-0.25, -0.2) is 0 Å². The van der Waals surface area contributed by atoms with Crippen LogP contribution in [0.15, 0.2) is 58.0 Å². The van der Waals surface area contributed by atoms with Gasteiger partial charge in [0.15, 0.2) is 0 Å². The van der Waals surface area contributed by atoms with Crippen LogP contribution in [-0.4, -0.2) is 12.9 Å². The number of hydrogen-bond acceptors (Lipinski definition) is 3. The molecule has 4 heteroatoms. The van der Waals surface area contributed by atoms with E-state index in [1.807, 2.05) is 36.4 Å². The molecule has 20 heavy (non-hydrogen) atoms. The number of para-hydroxylation sites is 2. The molecular formula is C16H15BrN2O. The zero-order valence-electron chi connectivity index (χ0n) is 10.9. The molecule has 3 rings (SSSR count). The van der Waals surface area contributed by atoms with Crippen molar-refractivity contribution in [3.05, 3.63) is 58.6 Å². The second-order valence-corrected chi connectivity index (χ2v) is 5.45. The average Bonchev–Trinajstić information content (AvgIpc) is 2.49. The Hall–Kier alpha value is -1.81. The second-order valence-electron chi connectivity index (χ2n) is 4.59. The van der Waals surface area contributed by atoms with Gasteiger partial charge in [-0.15, -0.1) is 0 Å². The van der Waals surface area contributed by atoms with Gasteiger partial charge in [-0.05, 0) is 34.1 Å². The quantitative estimate of drug-likeness (QED) is 0.900. The minimum Gasteiger partial charge on any atom is -0.492 e. The fourth-order valence-corrected chi connectivity index (χ4v) is 2.67. The Kier molecular flexibility index (Phi) is 4.02. The number of aliphatic imine (C=N–C) groups is 1. The van der Waals surface area contributed by atoms with Crippen LogP contribution >= 0.6 is 15.9 Å². The predicted molar refractivity (Wildman–Crippen MR) is 85.6 cm³/mol. The molecule has 0 fully saturated rings. The Morgan fingerprint density at radius 3 is 2.80 bits per heavy atom. The molecule has 1 unspecified atom stereocenters. The molecule has 3 nitrogen and oxygen atoms in total. The molecule has 0 saturated heterocycles. The normalized spacial score (nSPS) is 16.4. The van der Waals surface area contributed by atoms with Crippen LogP contribution in [0.3, 0.4) is 0 Å². The molecule has 0 saturated carbocycles. The number of hydrogen-bond donors (Lipinski definition) is 1. The first kappa shape index (κ1) is 13.2. The monoisotopic (exact) mass is 330 g/mol. The van der Waals surface area contributed by atoms with Gasteiger partial charge in [0, 0.05) is 17.7 Å². The first-order valence-corrected chi connectivity index (χ1v) is 7.38. The number of nitrogens with zero attached hydrogens (tertiary/aromatic N) is 1. The lowest BCUT2D eigenvalue weighted by Crippen LogP contribution is -2.12. The van der Waals surface area contributed by atoms with E-state index >= 15 is 0 Å². The fraction of sp³-hybridized carbons (Fsp3) is 0.188. The average molecular weight is 331 g/mol. The van der Waals surface area contributed by atoms with Crippen LogP contribution in [0, 0.1) is 0 Å². The summed E-state index contributed by atoms with van der Waals surface area (Å²) in [6, 6.07) is 16.3. The molecule has 0 aromatic heterocycles.